The average Bonchev–Trinajstić information content (AvgIpc) is 2.17. The molecule has 0 saturated heterocycles. The molecular weight excluding hydrogens is 217 g/mol. The fraction of sp³-hybridized carbons (Fsp3) is 0.500. The lowest BCUT2D eigenvalue weighted by Crippen LogP contribution is -2.17. The molecule has 0 fully saturated rings. The highest BCUT2D eigenvalue weighted by Gasteiger charge is 2.29. The molecule has 1 aromatic rings. The van der Waals surface area contributed by atoms with E-state index in [9.17, 15) is 18.3 Å². The van der Waals surface area contributed by atoms with E-state index in [2.05, 4.69) is 0 Å². The van der Waals surface area contributed by atoms with Crippen LogP contribution in [0.4, 0.5) is 13.2 Å². The van der Waals surface area contributed by atoms with E-state index < -0.39 is 17.8 Å². The highest BCUT2D eigenvalue weighted by Crippen LogP contribution is 2.29. The van der Waals surface area contributed by atoms with E-state index in [1.54, 1.807) is 0 Å². The van der Waals surface area contributed by atoms with Gasteiger partial charge in [0.1, 0.15) is 0 Å². The van der Waals surface area contributed by atoms with Gasteiger partial charge in [-0.1, -0.05) is 26.0 Å². The second-order valence-electron chi connectivity index (χ2n) is 4.21. The molecule has 0 aliphatic heterocycles. The van der Waals surface area contributed by atoms with Gasteiger partial charge >= 0.3 is 6.18 Å². The Bertz CT molecular complexity index is 327. The minimum atomic E-state index is -4.30. The van der Waals surface area contributed by atoms with Gasteiger partial charge in [-0.2, -0.15) is 13.2 Å². The Morgan fingerprint density at radius 2 is 1.62 bits per heavy atom. The van der Waals surface area contributed by atoms with Crippen LogP contribution < -0.4 is 0 Å². The van der Waals surface area contributed by atoms with Crippen LogP contribution in [0.1, 0.15) is 25.0 Å². The van der Waals surface area contributed by atoms with Crippen molar-refractivity contribution in [3.8, 4) is 0 Å². The first-order chi connectivity index (χ1) is 7.30. The number of hydrogen-bond acceptors (Lipinski definition) is 1. The molecule has 0 saturated carbocycles. The number of hydrogen-bond donors (Lipinski definition) is 1. The highest BCUT2D eigenvalue weighted by molar-refractivity contribution is 5.25. The standard InChI is InChI=1S/C12H15F3O/c1-8(2)11(16)7-9-3-5-10(6-4-9)12(13,14)15/h3-6,8,11,16H,7H2,1-2H3. The maximum absolute atomic E-state index is 12.3. The van der Waals surface area contributed by atoms with Gasteiger partial charge in [0.2, 0.25) is 0 Å². The normalized spacial score (nSPS) is 14.2. The van der Waals surface area contributed by atoms with Crippen molar-refractivity contribution in [2.75, 3.05) is 0 Å². The van der Waals surface area contributed by atoms with Crippen molar-refractivity contribution in [3.05, 3.63) is 35.4 Å². The van der Waals surface area contributed by atoms with Crippen molar-refractivity contribution >= 4 is 0 Å². The van der Waals surface area contributed by atoms with Gasteiger partial charge in [-0.3, -0.25) is 0 Å². The van der Waals surface area contributed by atoms with Gasteiger partial charge in [0, 0.05) is 0 Å². The lowest BCUT2D eigenvalue weighted by Gasteiger charge is -2.14. The molecule has 0 spiro atoms. The Balaban J connectivity index is 2.72. The SMILES string of the molecule is CC(C)C(O)Cc1ccc(C(F)(F)F)cc1. The van der Waals surface area contributed by atoms with Crippen LogP contribution in [-0.4, -0.2) is 11.2 Å². The van der Waals surface area contributed by atoms with E-state index in [0.29, 0.717) is 12.0 Å². The van der Waals surface area contributed by atoms with Crippen LogP contribution in [0.3, 0.4) is 0 Å². The molecule has 0 aliphatic rings. The van der Waals surface area contributed by atoms with Crippen molar-refractivity contribution in [2.45, 2.75) is 32.5 Å². The summed E-state index contributed by atoms with van der Waals surface area (Å²) in [5, 5.41) is 9.59. The van der Waals surface area contributed by atoms with Gasteiger partial charge in [-0.15, -0.1) is 0 Å². The van der Waals surface area contributed by atoms with E-state index in [1.807, 2.05) is 13.8 Å². The molecule has 4 heteroatoms. The molecule has 1 N–H and O–H groups in total. The van der Waals surface area contributed by atoms with E-state index >= 15 is 0 Å². The average molecular weight is 232 g/mol. The summed E-state index contributed by atoms with van der Waals surface area (Å²) in [6.45, 7) is 3.74. The van der Waals surface area contributed by atoms with Crippen molar-refractivity contribution in [3.63, 3.8) is 0 Å². The van der Waals surface area contributed by atoms with Crippen LogP contribution in [0.25, 0.3) is 0 Å². The molecule has 0 aliphatic carbocycles. The predicted molar refractivity (Wildman–Crippen MR) is 56.0 cm³/mol. The summed E-state index contributed by atoms with van der Waals surface area (Å²) in [4.78, 5) is 0. The number of alkyl halides is 3. The first-order valence-corrected chi connectivity index (χ1v) is 5.15. The second kappa shape index (κ2) is 4.87. The number of benzene rings is 1. The van der Waals surface area contributed by atoms with Crippen LogP contribution in [0.15, 0.2) is 24.3 Å². The minimum absolute atomic E-state index is 0.0993. The lowest BCUT2D eigenvalue weighted by molar-refractivity contribution is -0.137. The topological polar surface area (TPSA) is 20.2 Å². The zero-order valence-corrected chi connectivity index (χ0v) is 9.25. The van der Waals surface area contributed by atoms with E-state index in [0.717, 1.165) is 12.1 Å². The fourth-order valence-corrected chi connectivity index (χ4v) is 1.31. The summed E-state index contributed by atoms with van der Waals surface area (Å²) in [7, 11) is 0. The molecule has 0 aromatic heterocycles. The second-order valence-corrected chi connectivity index (χ2v) is 4.21. The third-order valence-electron chi connectivity index (χ3n) is 2.50. The number of aliphatic hydroxyl groups excluding tert-OH is 1. The van der Waals surface area contributed by atoms with E-state index in [-0.39, 0.29) is 5.92 Å². The molecule has 90 valence electrons. The Labute approximate surface area is 92.9 Å². The van der Waals surface area contributed by atoms with Crippen LogP contribution in [0.2, 0.25) is 0 Å². The lowest BCUT2D eigenvalue weighted by atomic mass is 9.98. The number of halogens is 3. The summed E-state index contributed by atoms with van der Waals surface area (Å²) >= 11 is 0. The van der Waals surface area contributed by atoms with Gasteiger partial charge < -0.3 is 5.11 Å². The monoisotopic (exact) mass is 232 g/mol. The largest absolute Gasteiger partial charge is 0.416 e. The number of aliphatic hydroxyl groups is 1. The predicted octanol–water partition coefficient (Wildman–Crippen LogP) is 3.26. The van der Waals surface area contributed by atoms with Crippen molar-refractivity contribution in [1.82, 2.24) is 0 Å². The molecule has 0 heterocycles. The minimum Gasteiger partial charge on any atom is -0.393 e. The van der Waals surface area contributed by atoms with Crippen LogP contribution >= 0.6 is 0 Å². The highest BCUT2D eigenvalue weighted by atomic mass is 19.4. The van der Waals surface area contributed by atoms with Crippen LogP contribution in [0, 0.1) is 5.92 Å². The molecule has 0 radical (unpaired) electrons. The zero-order chi connectivity index (χ0) is 12.3. The Hall–Kier alpha value is -1.03. The zero-order valence-electron chi connectivity index (χ0n) is 9.25. The fourth-order valence-electron chi connectivity index (χ4n) is 1.31. The van der Waals surface area contributed by atoms with Gasteiger partial charge in [0.15, 0.2) is 0 Å². The molecule has 1 aromatic carbocycles. The molecule has 1 rings (SSSR count). The number of rotatable bonds is 3. The van der Waals surface area contributed by atoms with Crippen LogP contribution in [-0.2, 0) is 12.6 Å². The third-order valence-corrected chi connectivity index (χ3v) is 2.50. The maximum Gasteiger partial charge on any atom is 0.416 e. The van der Waals surface area contributed by atoms with Crippen molar-refractivity contribution in [2.24, 2.45) is 5.92 Å². The summed E-state index contributed by atoms with van der Waals surface area (Å²) in [6.07, 6.45) is -4.43. The van der Waals surface area contributed by atoms with E-state index in [1.165, 1.54) is 12.1 Å². The molecule has 1 nitrogen and oxygen atoms in total. The summed E-state index contributed by atoms with van der Waals surface area (Å²) in [6, 6.07) is 4.91. The first-order valence-electron chi connectivity index (χ1n) is 5.15. The Morgan fingerprint density at radius 1 is 1.12 bits per heavy atom. The van der Waals surface area contributed by atoms with Gasteiger partial charge in [-0.05, 0) is 30.0 Å². The Kier molecular flexibility index (Phi) is 3.97. The van der Waals surface area contributed by atoms with Crippen LogP contribution in [0.5, 0.6) is 0 Å². The molecule has 0 bridgehead atoms. The quantitative estimate of drug-likeness (QED) is 0.848. The molecular formula is C12H15F3O. The van der Waals surface area contributed by atoms with Crippen molar-refractivity contribution < 1.29 is 18.3 Å². The van der Waals surface area contributed by atoms with E-state index in [4.69, 9.17) is 0 Å². The summed E-state index contributed by atoms with van der Waals surface area (Å²) in [5.41, 5.74) is 0.0597. The Morgan fingerprint density at radius 3 is 2.00 bits per heavy atom. The maximum atomic E-state index is 12.3. The van der Waals surface area contributed by atoms with Gasteiger partial charge in [0.05, 0.1) is 11.7 Å². The molecule has 1 atom stereocenters. The summed E-state index contributed by atoms with van der Waals surface area (Å²) in [5.74, 6) is 0.0993. The molecule has 16 heavy (non-hydrogen) atoms. The van der Waals surface area contributed by atoms with Gasteiger partial charge in [-0.25, -0.2) is 0 Å². The van der Waals surface area contributed by atoms with Crippen molar-refractivity contribution in [1.29, 1.82) is 0 Å². The third kappa shape index (κ3) is 3.52. The van der Waals surface area contributed by atoms with Gasteiger partial charge in [0.25, 0.3) is 0 Å². The first kappa shape index (κ1) is 13.0. The summed E-state index contributed by atoms with van der Waals surface area (Å²) < 4.78 is 36.8. The molecule has 1 unspecified atom stereocenters. The molecule has 0 amide bonds. The smallest absolute Gasteiger partial charge is 0.393 e.